The van der Waals surface area contributed by atoms with Gasteiger partial charge in [0.2, 0.25) is 0 Å². The number of nitrogens with zero attached hydrogens (tertiary/aromatic N) is 2. The third-order valence-corrected chi connectivity index (χ3v) is 3.33. The van der Waals surface area contributed by atoms with Crippen molar-refractivity contribution in [3.05, 3.63) is 37.4 Å². The molecule has 0 radical (unpaired) electrons. The van der Waals surface area contributed by atoms with E-state index in [1.165, 1.54) is 11.6 Å². The number of aromatic amines is 1. The van der Waals surface area contributed by atoms with E-state index in [4.69, 9.17) is 5.73 Å². The number of hydrogen-bond donors (Lipinski definition) is 3. The zero-order chi connectivity index (χ0) is 13.1. The Bertz CT molecular complexity index is 643. The zero-order valence-electron chi connectivity index (χ0n) is 9.77. The first kappa shape index (κ1) is 12.4. The van der Waals surface area contributed by atoms with E-state index in [1.807, 2.05) is 5.38 Å². The Morgan fingerprint density at radius 3 is 3.00 bits per heavy atom. The van der Waals surface area contributed by atoms with Gasteiger partial charge < -0.3 is 11.1 Å². The predicted molar refractivity (Wildman–Crippen MR) is 71.0 cm³/mol. The van der Waals surface area contributed by atoms with Gasteiger partial charge in [0.05, 0.1) is 5.01 Å². The van der Waals surface area contributed by atoms with Crippen LogP contribution in [-0.4, -0.2) is 21.1 Å². The number of aromatic nitrogens is 3. The highest BCUT2D eigenvalue weighted by Gasteiger charge is 2.09. The lowest BCUT2D eigenvalue weighted by atomic mass is 10.4. The summed E-state index contributed by atoms with van der Waals surface area (Å²) in [4.78, 5) is 29.2. The second-order valence-corrected chi connectivity index (χ2v) is 4.66. The maximum atomic E-state index is 11.6. The number of thiazole rings is 1. The Labute approximate surface area is 106 Å². The Kier molecular flexibility index (Phi) is 3.47. The fraction of sp³-hybridized carbons (Fsp3) is 0.300. The highest BCUT2D eigenvalue weighted by molar-refractivity contribution is 7.09. The van der Waals surface area contributed by atoms with Gasteiger partial charge in [-0.25, -0.2) is 9.78 Å². The molecule has 0 atom stereocenters. The summed E-state index contributed by atoms with van der Waals surface area (Å²) in [6.07, 6.45) is 2.42. The fourth-order valence-electron chi connectivity index (χ4n) is 1.48. The Hall–Kier alpha value is -2.09. The molecule has 0 fully saturated rings. The Balaban J connectivity index is 2.12. The maximum absolute atomic E-state index is 11.6. The van der Waals surface area contributed by atoms with Gasteiger partial charge in [-0.05, 0) is 0 Å². The summed E-state index contributed by atoms with van der Waals surface area (Å²) >= 11 is 1.55. The number of nitrogens with two attached hydrogens (primary N) is 1. The minimum absolute atomic E-state index is 0.128. The molecule has 18 heavy (non-hydrogen) atoms. The second-order valence-electron chi connectivity index (χ2n) is 3.68. The molecule has 0 bridgehead atoms. The van der Waals surface area contributed by atoms with Crippen molar-refractivity contribution < 1.29 is 0 Å². The standard InChI is InChI=1S/C10H13N5O2S/c1-15-8(11)7(9(16)14-10(15)17)13-3-2-6-12-4-5-18-6/h4-5,13H,2-3,11H2,1H3,(H,14,16,17). The second kappa shape index (κ2) is 5.05. The van der Waals surface area contributed by atoms with Crippen molar-refractivity contribution in [1.29, 1.82) is 0 Å². The molecule has 4 N–H and O–H groups in total. The van der Waals surface area contributed by atoms with Crippen LogP contribution in [0.25, 0.3) is 0 Å². The molecule has 2 aromatic heterocycles. The number of nitrogen functional groups attached to an aromatic ring is 1. The van der Waals surface area contributed by atoms with Crippen LogP contribution in [-0.2, 0) is 13.5 Å². The van der Waals surface area contributed by atoms with Crippen LogP contribution in [0.2, 0.25) is 0 Å². The average molecular weight is 267 g/mol. The van der Waals surface area contributed by atoms with E-state index in [1.54, 1.807) is 17.5 Å². The van der Waals surface area contributed by atoms with Crippen LogP contribution in [0, 0.1) is 0 Å². The lowest BCUT2D eigenvalue weighted by Crippen LogP contribution is -2.32. The van der Waals surface area contributed by atoms with E-state index in [0.717, 1.165) is 5.01 Å². The van der Waals surface area contributed by atoms with Crippen LogP contribution in [0.1, 0.15) is 5.01 Å². The summed E-state index contributed by atoms with van der Waals surface area (Å²) in [5.41, 5.74) is 4.90. The highest BCUT2D eigenvalue weighted by Crippen LogP contribution is 2.09. The molecule has 0 saturated carbocycles. The van der Waals surface area contributed by atoms with Crippen molar-refractivity contribution in [1.82, 2.24) is 14.5 Å². The molecule has 0 aliphatic carbocycles. The summed E-state index contributed by atoms with van der Waals surface area (Å²) in [6, 6.07) is 0. The van der Waals surface area contributed by atoms with Crippen molar-refractivity contribution in [2.24, 2.45) is 7.05 Å². The SMILES string of the molecule is Cn1c(N)c(NCCc2nccs2)c(=O)[nH]c1=O. The number of nitrogens with one attached hydrogen (secondary N) is 2. The van der Waals surface area contributed by atoms with Crippen molar-refractivity contribution in [2.75, 3.05) is 17.6 Å². The summed E-state index contributed by atoms with van der Waals surface area (Å²) in [5, 5.41) is 5.79. The molecular formula is C10H13N5O2S. The molecule has 2 aromatic rings. The molecular weight excluding hydrogens is 254 g/mol. The van der Waals surface area contributed by atoms with Crippen LogP contribution >= 0.6 is 11.3 Å². The third-order valence-electron chi connectivity index (χ3n) is 2.49. The van der Waals surface area contributed by atoms with Crippen LogP contribution in [0.4, 0.5) is 11.5 Å². The highest BCUT2D eigenvalue weighted by atomic mass is 32.1. The molecule has 0 aromatic carbocycles. The molecule has 0 spiro atoms. The van der Waals surface area contributed by atoms with E-state index >= 15 is 0 Å². The molecule has 0 unspecified atom stereocenters. The van der Waals surface area contributed by atoms with Gasteiger partial charge in [-0.1, -0.05) is 0 Å². The Morgan fingerprint density at radius 2 is 2.33 bits per heavy atom. The van der Waals surface area contributed by atoms with Gasteiger partial charge in [0.25, 0.3) is 5.56 Å². The molecule has 8 heteroatoms. The van der Waals surface area contributed by atoms with Crippen LogP contribution in [0.5, 0.6) is 0 Å². The fourth-order valence-corrected chi connectivity index (χ4v) is 2.10. The van der Waals surface area contributed by atoms with Gasteiger partial charge in [0.15, 0.2) is 0 Å². The minimum Gasteiger partial charge on any atom is -0.383 e. The lowest BCUT2D eigenvalue weighted by Gasteiger charge is -2.09. The van der Waals surface area contributed by atoms with Crippen molar-refractivity contribution in [3.63, 3.8) is 0 Å². The molecule has 7 nitrogen and oxygen atoms in total. The Morgan fingerprint density at radius 1 is 1.56 bits per heavy atom. The first-order valence-electron chi connectivity index (χ1n) is 5.30. The van der Waals surface area contributed by atoms with Crippen LogP contribution in [0.3, 0.4) is 0 Å². The largest absolute Gasteiger partial charge is 0.383 e. The number of H-pyrrole nitrogens is 1. The summed E-state index contributed by atoms with van der Waals surface area (Å²) in [6.45, 7) is 0.527. The van der Waals surface area contributed by atoms with Gasteiger partial charge in [0.1, 0.15) is 11.5 Å². The van der Waals surface area contributed by atoms with Crippen molar-refractivity contribution in [2.45, 2.75) is 6.42 Å². The zero-order valence-corrected chi connectivity index (χ0v) is 10.6. The molecule has 0 amide bonds. The van der Waals surface area contributed by atoms with Crippen molar-refractivity contribution >= 4 is 22.8 Å². The van der Waals surface area contributed by atoms with E-state index in [0.29, 0.717) is 13.0 Å². The van der Waals surface area contributed by atoms with Crippen molar-refractivity contribution in [3.8, 4) is 0 Å². The van der Waals surface area contributed by atoms with Gasteiger partial charge >= 0.3 is 5.69 Å². The average Bonchev–Trinajstić information content (AvgIpc) is 2.84. The number of hydrogen-bond acceptors (Lipinski definition) is 6. The van der Waals surface area contributed by atoms with Gasteiger partial charge in [0, 0.05) is 31.6 Å². The third kappa shape index (κ3) is 2.43. The van der Waals surface area contributed by atoms with E-state index in [-0.39, 0.29) is 11.5 Å². The minimum atomic E-state index is -0.525. The number of anilines is 2. The first-order valence-corrected chi connectivity index (χ1v) is 6.18. The smallest absolute Gasteiger partial charge is 0.329 e. The summed E-state index contributed by atoms with van der Waals surface area (Å²) in [5.74, 6) is 0.128. The van der Waals surface area contributed by atoms with E-state index in [9.17, 15) is 9.59 Å². The van der Waals surface area contributed by atoms with Gasteiger partial charge in [-0.15, -0.1) is 11.3 Å². The number of rotatable bonds is 4. The first-order chi connectivity index (χ1) is 8.59. The van der Waals surface area contributed by atoms with E-state index < -0.39 is 11.2 Å². The van der Waals surface area contributed by atoms with Gasteiger partial charge in [-0.3, -0.25) is 14.3 Å². The lowest BCUT2D eigenvalue weighted by molar-refractivity contribution is 0.812. The summed E-state index contributed by atoms with van der Waals surface area (Å²) in [7, 11) is 1.50. The van der Waals surface area contributed by atoms with Crippen LogP contribution in [0.15, 0.2) is 21.2 Å². The molecule has 0 aliphatic rings. The quantitative estimate of drug-likeness (QED) is 0.709. The summed E-state index contributed by atoms with van der Waals surface area (Å²) < 4.78 is 1.19. The predicted octanol–water partition coefficient (Wildman–Crippen LogP) is -0.233. The van der Waals surface area contributed by atoms with Gasteiger partial charge in [-0.2, -0.15) is 0 Å². The molecule has 2 rings (SSSR count). The topological polar surface area (TPSA) is 106 Å². The van der Waals surface area contributed by atoms with Crippen LogP contribution < -0.4 is 22.3 Å². The molecule has 0 aliphatic heterocycles. The maximum Gasteiger partial charge on any atom is 0.329 e. The monoisotopic (exact) mass is 267 g/mol. The molecule has 0 saturated heterocycles. The molecule has 2 heterocycles. The normalized spacial score (nSPS) is 10.5. The van der Waals surface area contributed by atoms with E-state index in [2.05, 4.69) is 15.3 Å². The molecule has 96 valence electrons.